The normalized spacial score (nSPS) is 19.0. The van der Waals surface area contributed by atoms with E-state index in [2.05, 4.69) is 25.5 Å². The summed E-state index contributed by atoms with van der Waals surface area (Å²) in [5, 5.41) is 12.9. The fourth-order valence-corrected chi connectivity index (χ4v) is 3.30. The van der Waals surface area contributed by atoms with Gasteiger partial charge in [0.15, 0.2) is 5.17 Å². The van der Waals surface area contributed by atoms with Gasteiger partial charge in [-0.25, -0.2) is 4.79 Å². The molecule has 21 heavy (non-hydrogen) atoms. The fraction of sp³-hybridized carbons (Fsp3) is 0.357. The predicted molar refractivity (Wildman–Crippen MR) is 86.1 cm³/mol. The van der Waals surface area contributed by atoms with Crippen molar-refractivity contribution in [1.82, 2.24) is 15.3 Å². The summed E-state index contributed by atoms with van der Waals surface area (Å²) >= 11 is 1.68. The second-order valence-corrected chi connectivity index (χ2v) is 6.32. The van der Waals surface area contributed by atoms with Gasteiger partial charge in [0.25, 0.3) is 0 Å². The highest BCUT2D eigenvalue weighted by molar-refractivity contribution is 8.14. The fourth-order valence-electron chi connectivity index (χ4n) is 2.45. The molecule has 0 unspecified atom stereocenters. The number of rotatable bonds is 2. The number of imidazole rings is 1. The lowest BCUT2D eigenvalue weighted by Gasteiger charge is -2.28. The second kappa shape index (κ2) is 5.07. The van der Waals surface area contributed by atoms with Crippen LogP contribution in [0.3, 0.4) is 0 Å². The lowest BCUT2D eigenvalue weighted by atomic mass is 9.94. The van der Waals surface area contributed by atoms with Crippen LogP contribution in [-0.4, -0.2) is 32.6 Å². The highest BCUT2D eigenvalue weighted by Gasteiger charge is 2.20. The average Bonchev–Trinajstić information content (AvgIpc) is 2.82. The van der Waals surface area contributed by atoms with Gasteiger partial charge in [-0.2, -0.15) is 5.10 Å². The van der Waals surface area contributed by atoms with E-state index in [1.165, 1.54) is 19.3 Å². The summed E-state index contributed by atoms with van der Waals surface area (Å²) in [5.74, 6) is 0.790. The SMILES string of the molecule is O=c1[nH]c2ccc(C3=NN=C(NC4CCC4)SC3)cc2[nH]1. The summed E-state index contributed by atoms with van der Waals surface area (Å²) in [4.78, 5) is 16.8. The van der Waals surface area contributed by atoms with E-state index in [-0.39, 0.29) is 5.69 Å². The standard InChI is InChI=1S/C14H15N5OS/c20-13-16-10-5-4-8(6-11(10)17-13)12-7-21-14(19-18-12)15-9-2-1-3-9/h4-6,9H,1-3,7H2,(H,15,19)(H2,16,17,20). The largest absolute Gasteiger partial charge is 0.360 e. The summed E-state index contributed by atoms with van der Waals surface area (Å²) in [5.41, 5.74) is 3.35. The molecule has 1 aromatic heterocycles. The van der Waals surface area contributed by atoms with Crippen molar-refractivity contribution in [2.24, 2.45) is 10.2 Å². The molecule has 0 amide bonds. The van der Waals surface area contributed by atoms with Crippen molar-refractivity contribution in [2.45, 2.75) is 25.3 Å². The highest BCUT2D eigenvalue weighted by Crippen LogP contribution is 2.22. The van der Waals surface area contributed by atoms with E-state index in [1.54, 1.807) is 11.8 Å². The summed E-state index contributed by atoms with van der Waals surface area (Å²) in [7, 11) is 0. The molecule has 4 rings (SSSR count). The number of fused-ring (bicyclic) bond motifs is 1. The molecular weight excluding hydrogens is 286 g/mol. The number of aromatic amines is 2. The number of amidine groups is 1. The van der Waals surface area contributed by atoms with Crippen LogP contribution < -0.4 is 11.0 Å². The van der Waals surface area contributed by atoms with E-state index < -0.39 is 0 Å². The third-order valence-electron chi connectivity index (χ3n) is 3.89. The molecule has 0 saturated heterocycles. The van der Waals surface area contributed by atoms with Crippen LogP contribution in [0.5, 0.6) is 0 Å². The van der Waals surface area contributed by atoms with E-state index >= 15 is 0 Å². The summed E-state index contributed by atoms with van der Waals surface area (Å²) < 4.78 is 0. The number of hydrogen-bond acceptors (Lipinski definition) is 5. The van der Waals surface area contributed by atoms with Crippen molar-refractivity contribution < 1.29 is 0 Å². The van der Waals surface area contributed by atoms with Crippen LogP contribution in [0.1, 0.15) is 24.8 Å². The van der Waals surface area contributed by atoms with Gasteiger partial charge >= 0.3 is 5.69 Å². The number of benzene rings is 1. The van der Waals surface area contributed by atoms with Crippen LogP contribution in [0.2, 0.25) is 0 Å². The van der Waals surface area contributed by atoms with Crippen LogP contribution in [0, 0.1) is 0 Å². The predicted octanol–water partition coefficient (Wildman–Crippen LogP) is 1.81. The van der Waals surface area contributed by atoms with Gasteiger partial charge in [-0.05, 0) is 31.4 Å². The number of nitrogens with zero attached hydrogens (tertiary/aromatic N) is 2. The molecule has 3 N–H and O–H groups in total. The Morgan fingerprint density at radius 3 is 2.76 bits per heavy atom. The van der Waals surface area contributed by atoms with Gasteiger partial charge in [-0.15, -0.1) is 5.10 Å². The van der Waals surface area contributed by atoms with Crippen molar-refractivity contribution in [3.05, 3.63) is 34.2 Å². The van der Waals surface area contributed by atoms with Crippen molar-refractivity contribution in [1.29, 1.82) is 0 Å². The van der Waals surface area contributed by atoms with Crippen LogP contribution >= 0.6 is 11.8 Å². The Balaban J connectivity index is 1.58. The molecular formula is C14H15N5OS. The molecule has 0 radical (unpaired) electrons. The number of H-pyrrole nitrogens is 2. The Bertz CT molecular complexity index is 799. The Morgan fingerprint density at radius 2 is 2.05 bits per heavy atom. The van der Waals surface area contributed by atoms with E-state index in [0.29, 0.717) is 6.04 Å². The zero-order valence-electron chi connectivity index (χ0n) is 11.3. The summed E-state index contributed by atoms with van der Waals surface area (Å²) in [6, 6.07) is 6.37. The first kappa shape index (κ1) is 12.7. The maximum absolute atomic E-state index is 11.3. The number of aromatic nitrogens is 2. The maximum Gasteiger partial charge on any atom is 0.323 e. The molecule has 2 heterocycles. The van der Waals surface area contributed by atoms with E-state index in [1.807, 2.05) is 18.2 Å². The topological polar surface area (TPSA) is 85.4 Å². The third kappa shape index (κ3) is 2.49. The molecule has 108 valence electrons. The average molecular weight is 301 g/mol. The minimum atomic E-state index is -0.188. The van der Waals surface area contributed by atoms with E-state index in [9.17, 15) is 4.79 Å². The molecule has 0 spiro atoms. The monoisotopic (exact) mass is 301 g/mol. The molecule has 1 fully saturated rings. The summed E-state index contributed by atoms with van der Waals surface area (Å²) in [6.45, 7) is 0. The Hall–Kier alpha value is -2.02. The first-order valence-corrected chi connectivity index (χ1v) is 8.03. The lowest BCUT2D eigenvalue weighted by Crippen LogP contribution is -2.39. The van der Waals surface area contributed by atoms with Crippen molar-refractivity contribution in [3.63, 3.8) is 0 Å². The molecule has 1 aromatic carbocycles. The van der Waals surface area contributed by atoms with E-state index in [0.717, 1.165) is 33.2 Å². The van der Waals surface area contributed by atoms with Crippen molar-refractivity contribution in [2.75, 3.05) is 5.75 Å². The molecule has 0 bridgehead atoms. The quantitative estimate of drug-likeness (QED) is 0.790. The van der Waals surface area contributed by atoms with Crippen molar-refractivity contribution in [3.8, 4) is 0 Å². The highest BCUT2D eigenvalue weighted by atomic mass is 32.2. The van der Waals surface area contributed by atoms with Gasteiger partial charge in [-0.3, -0.25) is 0 Å². The van der Waals surface area contributed by atoms with Gasteiger partial charge < -0.3 is 15.3 Å². The number of thioether (sulfide) groups is 1. The molecule has 2 aromatic rings. The van der Waals surface area contributed by atoms with Crippen LogP contribution in [-0.2, 0) is 0 Å². The minimum absolute atomic E-state index is 0.188. The maximum atomic E-state index is 11.3. The molecule has 2 aliphatic rings. The van der Waals surface area contributed by atoms with Gasteiger partial charge in [-0.1, -0.05) is 17.8 Å². The van der Waals surface area contributed by atoms with Gasteiger partial charge in [0.2, 0.25) is 0 Å². The number of nitrogens with one attached hydrogen (secondary N) is 3. The van der Waals surface area contributed by atoms with Gasteiger partial charge in [0, 0.05) is 17.4 Å². The molecule has 1 aliphatic carbocycles. The minimum Gasteiger partial charge on any atom is -0.360 e. The second-order valence-electron chi connectivity index (χ2n) is 5.35. The Kier molecular flexibility index (Phi) is 3.07. The third-order valence-corrected chi connectivity index (χ3v) is 4.78. The summed E-state index contributed by atoms with van der Waals surface area (Å²) in [6.07, 6.45) is 3.76. The zero-order valence-corrected chi connectivity index (χ0v) is 12.2. The lowest BCUT2D eigenvalue weighted by molar-refractivity contribution is 0.385. The van der Waals surface area contributed by atoms with Crippen LogP contribution in [0.25, 0.3) is 11.0 Å². The van der Waals surface area contributed by atoms with Gasteiger partial charge in [0.1, 0.15) is 0 Å². The number of hydrogen-bond donors (Lipinski definition) is 3. The Morgan fingerprint density at radius 1 is 1.19 bits per heavy atom. The van der Waals surface area contributed by atoms with E-state index in [4.69, 9.17) is 0 Å². The smallest absolute Gasteiger partial charge is 0.323 e. The van der Waals surface area contributed by atoms with Gasteiger partial charge in [0.05, 0.1) is 16.7 Å². The van der Waals surface area contributed by atoms with Crippen LogP contribution in [0.4, 0.5) is 0 Å². The zero-order chi connectivity index (χ0) is 14.2. The first-order valence-electron chi connectivity index (χ1n) is 7.04. The molecule has 0 atom stereocenters. The van der Waals surface area contributed by atoms with Crippen LogP contribution in [0.15, 0.2) is 33.2 Å². The van der Waals surface area contributed by atoms with Crippen molar-refractivity contribution >= 4 is 33.7 Å². The molecule has 6 nitrogen and oxygen atoms in total. The Labute approximate surface area is 125 Å². The molecule has 7 heteroatoms. The first-order chi connectivity index (χ1) is 10.3. The molecule has 1 saturated carbocycles. The molecule has 1 aliphatic heterocycles.